The minimum atomic E-state index is -0.933. The number of esters is 2. The van der Waals surface area contributed by atoms with Crippen LogP contribution in [-0.2, 0) is 14.3 Å². The number of hydrogen-bond acceptors (Lipinski definition) is 10. The maximum atomic E-state index is 12.7. The molecule has 0 saturated heterocycles. The normalized spacial score (nSPS) is 15.2. The van der Waals surface area contributed by atoms with Crippen molar-refractivity contribution in [2.45, 2.75) is 12.8 Å². The number of cyclic esters (lactones) is 1. The van der Waals surface area contributed by atoms with Crippen molar-refractivity contribution in [3.63, 3.8) is 0 Å². The maximum Gasteiger partial charge on any atom is 0.338 e. The third kappa shape index (κ3) is 3.95. The highest BCUT2D eigenvalue weighted by Crippen LogP contribution is 2.49. The molecular weight excluding hydrogens is 436 g/mol. The average Bonchev–Trinajstić information content (AvgIpc) is 3.39. The first-order valence-corrected chi connectivity index (χ1v) is 9.88. The van der Waals surface area contributed by atoms with Gasteiger partial charge in [0.25, 0.3) is 0 Å². The van der Waals surface area contributed by atoms with E-state index in [1.54, 1.807) is 18.2 Å². The van der Waals surface area contributed by atoms with E-state index in [1.165, 1.54) is 34.3 Å². The van der Waals surface area contributed by atoms with Gasteiger partial charge < -0.3 is 38.3 Å². The summed E-state index contributed by atoms with van der Waals surface area (Å²) < 4.78 is 37.7. The molecule has 4 rings (SSSR count). The zero-order valence-electron chi connectivity index (χ0n) is 18.4. The summed E-state index contributed by atoms with van der Waals surface area (Å²) in [7, 11) is 4.39. The Morgan fingerprint density at radius 2 is 1.58 bits per heavy atom. The smallest absolute Gasteiger partial charge is 0.338 e. The molecule has 10 heteroatoms. The van der Waals surface area contributed by atoms with Crippen LogP contribution in [0.3, 0.4) is 0 Å². The van der Waals surface area contributed by atoms with Crippen molar-refractivity contribution in [3.8, 4) is 34.5 Å². The molecule has 174 valence electrons. The highest BCUT2D eigenvalue weighted by Gasteiger charge is 2.38. The minimum absolute atomic E-state index is 0.0108. The summed E-state index contributed by atoms with van der Waals surface area (Å²) in [6.07, 6.45) is 0. The monoisotopic (exact) mass is 458 g/mol. The van der Waals surface area contributed by atoms with Crippen LogP contribution in [0.4, 0.5) is 0 Å². The van der Waals surface area contributed by atoms with Crippen LogP contribution in [-0.4, -0.2) is 51.8 Å². The van der Waals surface area contributed by atoms with Gasteiger partial charge in [0.2, 0.25) is 12.5 Å². The summed E-state index contributed by atoms with van der Waals surface area (Å²) in [4.78, 5) is 24.5. The summed E-state index contributed by atoms with van der Waals surface area (Å²) in [5.41, 5.74) is 0.831. The lowest BCUT2D eigenvalue weighted by atomic mass is 9.83. The van der Waals surface area contributed by atoms with Crippen molar-refractivity contribution in [2.24, 2.45) is 0 Å². The Balaban J connectivity index is 2.01. The predicted octanol–water partition coefficient (Wildman–Crippen LogP) is 2.87. The van der Waals surface area contributed by atoms with Crippen molar-refractivity contribution in [3.05, 3.63) is 46.7 Å². The zero-order chi connectivity index (χ0) is 23.7. The van der Waals surface area contributed by atoms with Gasteiger partial charge in [0.05, 0.1) is 26.9 Å². The Morgan fingerprint density at radius 3 is 2.09 bits per heavy atom. The van der Waals surface area contributed by atoms with Gasteiger partial charge in [0, 0.05) is 24.5 Å². The number of aliphatic hydroxyl groups excluding tert-OH is 1. The molecule has 0 amide bonds. The molecular formula is C23H22O10. The van der Waals surface area contributed by atoms with E-state index in [0.29, 0.717) is 39.9 Å². The van der Waals surface area contributed by atoms with E-state index >= 15 is 0 Å². The van der Waals surface area contributed by atoms with E-state index in [0.717, 1.165) is 0 Å². The molecule has 1 N–H and O–H groups in total. The van der Waals surface area contributed by atoms with Crippen LogP contribution >= 0.6 is 0 Å². The number of carbonyl (C=O) groups is 2. The molecule has 0 saturated carbocycles. The number of rotatable bonds is 7. The third-order valence-electron chi connectivity index (χ3n) is 5.25. The second-order valence-corrected chi connectivity index (χ2v) is 7.17. The molecule has 2 aromatic carbocycles. The minimum Gasteiger partial charge on any atom is -0.508 e. The molecule has 0 radical (unpaired) electrons. The average molecular weight is 458 g/mol. The van der Waals surface area contributed by atoms with Crippen LogP contribution in [0.5, 0.6) is 34.5 Å². The number of carbonyl (C=O) groups excluding carboxylic acids is 2. The van der Waals surface area contributed by atoms with Crippen LogP contribution in [0.2, 0.25) is 0 Å². The van der Waals surface area contributed by atoms with E-state index < -0.39 is 17.9 Å². The number of ether oxygens (including phenoxy) is 7. The van der Waals surface area contributed by atoms with Gasteiger partial charge in [0.15, 0.2) is 23.0 Å². The molecule has 0 fully saturated rings. The largest absolute Gasteiger partial charge is 0.508 e. The van der Waals surface area contributed by atoms with E-state index in [9.17, 15) is 14.7 Å². The first-order valence-electron chi connectivity index (χ1n) is 9.88. The molecule has 0 unspecified atom stereocenters. The third-order valence-corrected chi connectivity index (χ3v) is 5.25. The Kier molecular flexibility index (Phi) is 5.91. The van der Waals surface area contributed by atoms with Gasteiger partial charge >= 0.3 is 11.9 Å². The fourth-order valence-electron chi connectivity index (χ4n) is 3.87. The molecule has 2 aromatic rings. The van der Waals surface area contributed by atoms with Crippen LogP contribution in [0, 0.1) is 0 Å². The molecule has 0 spiro atoms. The maximum absolute atomic E-state index is 12.7. The van der Waals surface area contributed by atoms with Crippen molar-refractivity contribution < 1.29 is 47.9 Å². The van der Waals surface area contributed by atoms with Crippen molar-refractivity contribution in [1.29, 1.82) is 0 Å². The Morgan fingerprint density at radius 1 is 0.939 bits per heavy atom. The summed E-state index contributed by atoms with van der Waals surface area (Å²) in [5.74, 6) is -0.552. The molecule has 10 nitrogen and oxygen atoms in total. The fraction of sp³-hybridized carbons (Fsp3) is 0.304. The molecule has 2 aliphatic heterocycles. The van der Waals surface area contributed by atoms with E-state index in [-0.39, 0.29) is 30.5 Å². The first kappa shape index (κ1) is 22.1. The highest BCUT2D eigenvalue weighted by atomic mass is 16.7. The second-order valence-electron chi connectivity index (χ2n) is 7.17. The van der Waals surface area contributed by atoms with Crippen LogP contribution in [0.15, 0.2) is 35.6 Å². The Labute approximate surface area is 189 Å². The van der Waals surface area contributed by atoms with Crippen molar-refractivity contribution >= 4 is 11.9 Å². The molecule has 2 heterocycles. The number of methoxy groups -OCH3 is 3. The number of aliphatic hydroxyl groups is 1. The van der Waals surface area contributed by atoms with Crippen LogP contribution < -0.4 is 28.4 Å². The van der Waals surface area contributed by atoms with Gasteiger partial charge in [-0.1, -0.05) is 0 Å². The van der Waals surface area contributed by atoms with E-state index in [2.05, 4.69) is 0 Å². The zero-order valence-corrected chi connectivity index (χ0v) is 18.4. The number of hydrogen-bond donors (Lipinski definition) is 1. The van der Waals surface area contributed by atoms with Gasteiger partial charge in [-0.25, -0.2) is 4.79 Å². The molecule has 2 aliphatic rings. The van der Waals surface area contributed by atoms with Crippen molar-refractivity contribution in [1.82, 2.24) is 0 Å². The SMILES string of the molecule is COc1cc([C@@H](C2=C(O)COC2=O)c2cc3c(cc2OC(C)=O)OCO3)cc(OC)c1OC. The van der Waals surface area contributed by atoms with Gasteiger partial charge in [-0.15, -0.1) is 0 Å². The highest BCUT2D eigenvalue weighted by molar-refractivity contribution is 5.94. The molecule has 1 atom stereocenters. The van der Waals surface area contributed by atoms with Crippen LogP contribution in [0.1, 0.15) is 24.0 Å². The van der Waals surface area contributed by atoms with Crippen molar-refractivity contribution in [2.75, 3.05) is 34.7 Å². The quantitative estimate of drug-likeness (QED) is 0.490. The number of benzene rings is 2. The lowest BCUT2D eigenvalue weighted by Gasteiger charge is -2.23. The lowest BCUT2D eigenvalue weighted by molar-refractivity contribution is -0.136. The van der Waals surface area contributed by atoms with Gasteiger partial charge in [-0.05, 0) is 23.8 Å². The molecule has 33 heavy (non-hydrogen) atoms. The van der Waals surface area contributed by atoms with Crippen LogP contribution in [0.25, 0.3) is 0 Å². The summed E-state index contributed by atoms with van der Waals surface area (Å²) in [6.45, 7) is 0.967. The standard InChI is InChI=1S/C23H22O10/c1-11(24)33-15-8-17-16(31-10-32-17)7-13(15)20(21-14(25)9-30-23(21)26)12-5-18(27-2)22(29-4)19(6-12)28-3/h5-8,20,25H,9-10H2,1-4H3/t20-/m1/s1. The molecule has 0 bridgehead atoms. The Hall–Kier alpha value is -4.08. The Bertz CT molecular complexity index is 1130. The van der Waals surface area contributed by atoms with Gasteiger partial charge in [0.1, 0.15) is 18.1 Å². The fourth-order valence-corrected chi connectivity index (χ4v) is 3.87. The molecule has 0 aliphatic carbocycles. The second kappa shape index (κ2) is 8.81. The van der Waals surface area contributed by atoms with Gasteiger partial charge in [-0.2, -0.15) is 0 Å². The molecule has 0 aromatic heterocycles. The predicted molar refractivity (Wildman–Crippen MR) is 112 cm³/mol. The summed E-state index contributed by atoms with van der Waals surface area (Å²) in [6, 6.07) is 6.38. The van der Waals surface area contributed by atoms with E-state index in [1.807, 2.05) is 0 Å². The topological polar surface area (TPSA) is 119 Å². The number of fused-ring (bicyclic) bond motifs is 1. The summed E-state index contributed by atoms with van der Waals surface area (Å²) in [5, 5.41) is 10.6. The summed E-state index contributed by atoms with van der Waals surface area (Å²) >= 11 is 0. The first-order chi connectivity index (χ1) is 15.9. The van der Waals surface area contributed by atoms with E-state index in [4.69, 9.17) is 33.2 Å². The van der Waals surface area contributed by atoms with Gasteiger partial charge in [-0.3, -0.25) is 4.79 Å². The lowest BCUT2D eigenvalue weighted by Crippen LogP contribution is -2.15.